The largest absolute Gasteiger partial charge is 0.416 e. The molecular weight excluding hydrogens is 277 g/mol. The lowest BCUT2D eigenvalue weighted by molar-refractivity contribution is -0.137. The number of hydrogen-bond acceptors (Lipinski definition) is 1. The molecule has 5 heteroatoms. The van der Waals surface area contributed by atoms with Gasteiger partial charge in [-0.2, -0.15) is 13.2 Å². The standard InChI is InChI=1S/C16H11F3N2/c17-16(18,19)12-4-3-5-13(8-12)20-9-11-10-21-15-7-2-1-6-14(11)15/h1-10,21H. The van der Waals surface area contributed by atoms with Gasteiger partial charge in [-0.1, -0.05) is 24.3 Å². The number of H-pyrrole nitrogens is 1. The van der Waals surface area contributed by atoms with Crippen LogP contribution in [0.1, 0.15) is 11.1 Å². The van der Waals surface area contributed by atoms with Crippen LogP contribution in [0.25, 0.3) is 10.9 Å². The minimum Gasteiger partial charge on any atom is -0.361 e. The first-order valence-corrected chi connectivity index (χ1v) is 6.31. The zero-order valence-corrected chi connectivity index (χ0v) is 10.9. The molecule has 1 heterocycles. The predicted octanol–water partition coefficient (Wildman–Crippen LogP) is 4.94. The Morgan fingerprint density at radius 3 is 2.62 bits per heavy atom. The highest BCUT2D eigenvalue weighted by Gasteiger charge is 2.30. The smallest absolute Gasteiger partial charge is 0.361 e. The van der Waals surface area contributed by atoms with Crippen molar-refractivity contribution in [2.24, 2.45) is 4.99 Å². The molecule has 0 aliphatic rings. The molecule has 0 saturated heterocycles. The highest BCUT2D eigenvalue weighted by molar-refractivity contribution is 5.99. The zero-order valence-electron chi connectivity index (χ0n) is 10.9. The van der Waals surface area contributed by atoms with Crippen LogP contribution in [0.4, 0.5) is 18.9 Å². The molecule has 3 rings (SSSR count). The average molecular weight is 288 g/mol. The van der Waals surface area contributed by atoms with Crippen LogP contribution >= 0.6 is 0 Å². The van der Waals surface area contributed by atoms with Crippen molar-refractivity contribution in [1.29, 1.82) is 0 Å². The third-order valence-electron chi connectivity index (χ3n) is 3.15. The van der Waals surface area contributed by atoms with Gasteiger partial charge in [-0.05, 0) is 24.3 Å². The summed E-state index contributed by atoms with van der Waals surface area (Å²) >= 11 is 0. The van der Waals surface area contributed by atoms with E-state index < -0.39 is 11.7 Å². The molecule has 2 nitrogen and oxygen atoms in total. The van der Waals surface area contributed by atoms with Gasteiger partial charge in [0.05, 0.1) is 11.3 Å². The Morgan fingerprint density at radius 1 is 1.00 bits per heavy atom. The molecule has 0 amide bonds. The Bertz CT molecular complexity index is 800. The van der Waals surface area contributed by atoms with Gasteiger partial charge in [0, 0.05) is 28.9 Å². The van der Waals surface area contributed by atoms with Gasteiger partial charge >= 0.3 is 6.18 Å². The van der Waals surface area contributed by atoms with Crippen LogP contribution in [0, 0.1) is 0 Å². The van der Waals surface area contributed by atoms with E-state index in [4.69, 9.17) is 0 Å². The van der Waals surface area contributed by atoms with Crippen molar-refractivity contribution in [1.82, 2.24) is 4.98 Å². The van der Waals surface area contributed by atoms with E-state index in [1.165, 1.54) is 6.07 Å². The van der Waals surface area contributed by atoms with Crippen LogP contribution in [-0.2, 0) is 6.18 Å². The van der Waals surface area contributed by atoms with Gasteiger partial charge in [-0.3, -0.25) is 4.99 Å². The lowest BCUT2D eigenvalue weighted by Gasteiger charge is -2.06. The number of benzene rings is 2. The van der Waals surface area contributed by atoms with Crippen molar-refractivity contribution < 1.29 is 13.2 Å². The fraction of sp³-hybridized carbons (Fsp3) is 0.0625. The van der Waals surface area contributed by atoms with Gasteiger partial charge in [0.15, 0.2) is 0 Å². The zero-order chi connectivity index (χ0) is 14.9. The molecule has 2 aromatic carbocycles. The minimum absolute atomic E-state index is 0.273. The molecule has 0 fully saturated rings. The summed E-state index contributed by atoms with van der Waals surface area (Å²) in [5, 5.41) is 0.980. The third kappa shape index (κ3) is 2.81. The van der Waals surface area contributed by atoms with Crippen LogP contribution < -0.4 is 0 Å². The summed E-state index contributed by atoms with van der Waals surface area (Å²) in [6.07, 6.45) is -1.01. The summed E-state index contributed by atoms with van der Waals surface area (Å²) in [5.41, 5.74) is 1.37. The molecule has 0 aliphatic heterocycles. The fourth-order valence-electron chi connectivity index (χ4n) is 2.11. The minimum atomic E-state index is -4.35. The topological polar surface area (TPSA) is 28.1 Å². The maximum absolute atomic E-state index is 12.6. The summed E-state index contributed by atoms with van der Waals surface area (Å²) in [6, 6.07) is 12.6. The van der Waals surface area contributed by atoms with Gasteiger partial charge in [0.1, 0.15) is 0 Å². The van der Waals surface area contributed by atoms with Gasteiger partial charge in [-0.25, -0.2) is 0 Å². The number of nitrogens with one attached hydrogen (secondary N) is 1. The third-order valence-corrected chi connectivity index (χ3v) is 3.15. The van der Waals surface area contributed by atoms with Crippen molar-refractivity contribution in [2.45, 2.75) is 6.18 Å². The number of para-hydroxylation sites is 1. The van der Waals surface area contributed by atoms with E-state index in [-0.39, 0.29) is 5.69 Å². The molecule has 1 N–H and O–H groups in total. The second-order valence-electron chi connectivity index (χ2n) is 4.60. The number of nitrogens with zero attached hydrogens (tertiary/aromatic N) is 1. The molecule has 106 valence electrons. The van der Waals surface area contributed by atoms with Gasteiger partial charge < -0.3 is 4.98 Å². The summed E-state index contributed by atoms with van der Waals surface area (Å²) < 4.78 is 37.9. The molecule has 0 saturated carbocycles. The van der Waals surface area contributed by atoms with Gasteiger partial charge in [-0.15, -0.1) is 0 Å². The van der Waals surface area contributed by atoms with Crippen molar-refractivity contribution in [3.05, 3.63) is 65.9 Å². The first-order valence-electron chi connectivity index (χ1n) is 6.31. The first-order chi connectivity index (χ1) is 10.0. The summed E-state index contributed by atoms with van der Waals surface area (Å²) in [7, 11) is 0. The Kier molecular flexibility index (Phi) is 3.25. The van der Waals surface area contributed by atoms with Crippen LogP contribution in [-0.4, -0.2) is 11.2 Å². The van der Waals surface area contributed by atoms with Crippen molar-refractivity contribution in [2.75, 3.05) is 0 Å². The van der Waals surface area contributed by atoms with Crippen LogP contribution in [0.3, 0.4) is 0 Å². The number of halogens is 3. The van der Waals surface area contributed by atoms with E-state index in [1.54, 1.807) is 18.5 Å². The van der Waals surface area contributed by atoms with E-state index in [2.05, 4.69) is 9.98 Å². The molecule has 0 atom stereocenters. The van der Waals surface area contributed by atoms with Crippen molar-refractivity contribution >= 4 is 22.8 Å². The average Bonchev–Trinajstić information content (AvgIpc) is 2.88. The number of aromatic amines is 1. The molecular formula is C16H11F3N2. The molecule has 0 spiro atoms. The number of aliphatic imine (C=N–C) groups is 1. The number of aromatic nitrogens is 1. The lowest BCUT2D eigenvalue weighted by atomic mass is 10.2. The summed E-state index contributed by atoms with van der Waals surface area (Å²) in [4.78, 5) is 7.22. The first kappa shape index (κ1) is 13.4. The Balaban J connectivity index is 1.93. The number of alkyl halides is 3. The fourth-order valence-corrected chi connectivity index (χ4v) is 2.11. The maximum atomic E-state index is 12.6. The molecule has 0 unspecified atom stereocenters. The van der Waals surface area contributed by atoms with E-state index >= 15 is 0 Å². The molecule has 0 radical (unpaired) electrons. The quantitative estimate of drug-likeness (QED) is 0.647. The van der Waals surface area contributed by atoms with Crippen LogP contribution in [0.15, 0.2) is 59.7 Å². The van der Waals surface area contributed by atoms with Crippen LogP contribution in [0.2, 0.25) is 0 Å². The number of fused-ring (bicyclic) bond motifs is 1. The van der Waals surface area contributed by atoms with Crippen molar-refractivity contribution in [3.8, 4) is 0 Å². The number of hydrogen-bond donors (Lipinski definition) is 1. The Labute approximate surface area is 119 Å². The van der Waals surface area contributed by atoms with Gasteiger partial charge in [0.25, 0.3) is 0 Å². The molecule has 3 aromatic rings. The van der Waals surface area contributed by atoms with Gasteiger partial charge in [0.2, 0.25) is 0 Å². The Hall–Kier alpha value is -2.56. The monoisotopic (exact) mass is 288 g/mol. The lowest BCUT2D eigenvalue weighted by Crippen LogP contribution is -2.03. The molecule has 21 heavy (non-hydrogen) atoms. The Morgan fingerprint density at radius 2 is 1.81 bits per heavy atom. The SMILES string of the molecule is FC(F)(F)c1cccc(N=Cc2c[nH]c3ccccc23)c1. The molecule has 0 bridgehead atoms. The van der Waals surface area contributed by atoms with E-state index in [0.29, 0.717) is 0 Å². The highest BCUT2D eigenvalue weighted by atomic mass is 19.4. The van der Waals surface area contributed by atoms with E-state index in [1.807, 2.05) is 24.3 Å². The summed E-state index contributed by atoms with van der Waals surface area (Å²) in [6.45, 7) is 0. The van der Waals surface area contributed by atoms with Crippen molar-refractivity contribution in [3.63, 3.8) is 0 Å². The number of rotatable bonds is 2. The highest BCUT2D eigenvalue weighted by Crippen LogP contribution is 2.31. The molecule has 0 aliphatic carbocycles. The van der Waals surface area contributed by atoms with Crippen LogP contribution in [0.5, 0.6) is 0 Å². The second-order valence-corrected chi connectivity index (χ2v) is 4.60. The van der Waals surface area contributed by atoms with E-state index in [0.717, 1.165) is 28.6 Å². The molecule has 1 aromatic heterocycles. The summed E-state index contributed by atoms with van der Waals surface area (Å²) in [5.74, 6) is 0. The normalized spacial score (nSPS) is 12.3. The predicted molar refractivity (Wildman–Crippen MR) is 77.0 cm³/mol. The van der Waals surface area contributed by atoms with E-state index in [9.17, 15) is 13.2 Å². The second kappa shape index (κ2) is 5.09. The maximum Gasteiger partial charge on any atom is 0.416 e.